The molecule has 64 valence electrons. The lowest BCUT2D eigenvalue weighted by atomic mass is 10.1. The Labute approximate surface area is 69.6 Å². The van der Waals surface area contributed by atoms with Crippen molar-refractivity contribution in [1.29, 1.82) is 0 Å². The van der Waals surface area contributed by atoms with E-state index in [-0.39, 0.29) is 5.78 Å². The van der Waals surface area contributed by atoms with E-state index in [9.17, 15) is 14.3 Å². The Hall–Kier alpha value is -1.22. The summed E-state index contributed by atoms with van der Waals surface area (Å²) in [6.07, 6.45) is -1.21. The van der Waals surface area contributed by atoms with Crippen molar-refractivity contribution in [3.05, 3.63) is 35.6 Å². The number of halogens is 1. The van der Waals surface area contributed by atoms with E-state index in [0.717, 1.165) is 6.07 Å². The molecule has 0 spiro atoms. The third-order valence-corrected chi connectivity index (χ3v) is 1.55. The number of rotatable bonds is 2. The molecule has 1 aromatic carbocycles. The fraction of sp³-hybridized carbons (Fsp3) is 0.222. The Balaban J connectivity index is 2.95. The third-order valence-electron chi connectivity index (χ3n) is 1.55. The van der Waals surface area contributed by atoms with Gasteiger partial charge >= 0.3 is 0 Å². The Bertz CT molecular complexity index is 296. The van der Waals surface area contributed by atoms with Crippen LogP contribution in [-0.2, 0) is 4.79 Å². The lowest BCUT2D eigenvalue weighted by Gasteiger charge is -2.05. The molecular formula is C9H9FO2. The zero-order chi connectivity index (χ0) is 9.14. The van der Waals surface area contributed by atoms with E-state index in [1.807, 2.05) is 0 Å². The van der Waals surface area contributed by atoms with Gasteiger partial charge in [0.05, 0.1) is 0 Å². The van der Waals surface area contributed by atoms with E-state index in [0.29, 0.717) is 5.56 Å². The molecule has 1 atom stereocenters. The summed E-state index contributed by atoms with van der Waals surface area (Å²) in [7, 11) is 0. The van der Waals surface area contributed by atoms with Gasteiger partial charge in [0.1, 0.15) is 11.9 Å². The predicted octanol–water partition coefficient (Wildman–Crippen LogP) is 1.45. The molecule has 1 rings (SSSR count). The largest absolute Gasteiger partial charge is 0.381 e. The van der Waals surface area contributed by atoms with Crippen molar-refractivity contribution in [2.24, 2.45) is 0 Å². The summed E-state index contributed by atoms with van der Waals surface area (Å²) in [5, 5.41) is 9.21. The van der Waals surface area contributed by atoms with E-state index in [4.69, 9.17) is 0 Å². The van der Waals surface area contributed by atoms with Crippen LogP contribution < -0.4 is 0 Å². The summed E-state index contributed by atoms with van der Waals surface area (Å²) >= 11 is 0. The second-order valence-corrected chi connectivity index (χ2v) is 2.57. The molecule has 0 saturated heterocycles. The zero-order valence-electron chi connectivity index (χ0n) is 6.62. The molecule has 12 heavy (non-hydrogen) atoms. The molecule has 0 aliphatic carbocycles. The van der Waals surface area contributed by atoms with Crippen molar-refractivity contribution < 1.29 is 14.3 Å². The smallest absolute Gasteiger partial charge is 0.162 e. The average molecular weight is 168 g/mol. The van der Waals surface area contributed by atoms with Crippen molar-refractivity contribution in [2.45, 2.75) is 13.0 Å². The maximum Gasteiger partial charge on any atom is 0.162 e. The normalized spacial score (nSPS) is 12.6. The maximum atomic E-state index is 12.6. The summed E-state index contributed by atoms with van der Waals surface area (Å²) in [5.74, 6) is -0.839. The lowest BCUT2D eigenvalue weighted by molar-refractivity contribution is -0.125. The highest BCUT2D eigenvalue weighted by Crippen LogP contribution is 2.14. The number of carbonyl (C=O) groups excluding carboxylic acids is 1. The molecule has 0 saturated carbocycles. The average Bonchev–Trinajstić information content (AvgIpc) is 2.03. The molecule has 2 nitrogen and oxygen atoms in total. The summed E-state index contributed by atoms with van der Waals surface area (Å²) in [5.41, 5.74) is 0.294. The van der Waals surface area contributed by atoms with Gasteiger partial charge in [0.25, 0.3) is 0 Å². The van der Waals surface area contributed by atoms with Crippen molar-refractivity contribution in [3.8, 4) is 0 Å². The highest BCUT2D eigenvalue weighted by Gasteiger charge is 2.12. The second-order valence-electron chi connectivity index (χ2n) is 2.57. The van der Waals surface area contributed by atoms with Crippen LogP contribution in [0.5, 0.6) is 0 Å². The molecule has 0 aliphatic rings. The number of hydrogen-bond acceptors (Lipinski definition) is 2. The van der Waals surface area contributed by atoms with Gasteiger partial charge in [0, 0.05) is 0 Å². The molecular weight excluding hydrogens is 159 g/mol. The van der Waals surface area contributed by atoms with E-state index in [1.54, 1.807) is 0 Å². The van der Waals surface area contributed by atoms with Gasteiger partial charge in [0.15, 0.2) is 5.78 Å². The SMILES string of the molecule is CC(=O)[C@H](O)c1cccc(F)c1. The van der Waals surface area contributed by atoms with Crippen molar-refractivity contribution in [1.82, 2.24) is 0 Å². The van der Waals surface area contributed by atoms with Crippen LogP contribution in [0.4, 0.5) is 4.39 Å². The molecule has 3 heteroatoms. The second kappa shape index (κ2) is 3.45. The minimum Gasteiger partial charge on any atom is -0.381 e. The lowest BCUT2D eigenvalue weighted by Crippen LogP contribution is -2.07. The summed E-state index contributed by atoms with van der Waals surface area (Å²) in [6, 6.07) is 5.37. The molecule has 0 bridgehead atoms. The Morgan fingerprint density at radius 3 is 2.75 bits per heavy atom. The standard InChI is InChI=1S/C9H9FO2/c1-6(11)9(12)7-3-2-4-8(10)5-7/h2-5,9,12H,1H3/t9-/m0/s1. The molecule has 0 fully saturated rings. The number of ketones is 1. The molecule has 0 aromatic heterocycles. The molecule has 0 radical (unpaired) electrons. The molecule has 0 aliphatic heterocycles. The van der Waals surface area contributed by atoms with Crippen LogP contribution in [0.25, 0.3) is 0 Å². The summed E-state index contributed by atoms with van der Waals surface area (Å²) < 4.78 is 12.6. The van der Waals surface area contributed by atoms with Crippen LogP contribution >= 0.6 is 0 Å². The Morgan fingerprint density at radius 2 is 2.25 bits per heavy atom. The quantitative estimate of drug-likeness (QED) is 0.725. The number of Topliss-reactive ketones (excluding diaryl/α,β-unsaturated/α-hetero) is 1. The molecule has 0 heterocycles. The fourth-order valence-electron chi connectivity index (χ4n) is 0.911. The van der Waals surface area contributed by atoms with Crippen molar-refractivity contribution >= 4 is 5.78 Å². The highest BCUT2D eigenvalue weighted by molar-refractivity contribution is 5.81. The van der Waals surface area contributed by atoms with Gasteiger partial charge in [-0.15, -0.1) is 0 Å². The zero-order valence-corrected chi connectivity index (χ0v) is 6.62. The van der Waals surface area contributed by atoms with Crippen LogP contribution in [0, 0.1) is 5.82 Å². The first-order chi connectivity index (χ1) is 5.61. The molecule has 0 unspecified atom stereocenters. The summed E-state index contributed by atoms with van der Waals surface area (Å²) in [4.78, 5) is 10.7. The fourth-order valence-corrected chi connectivity index (χ4v) is 0.911. The first kappa shape index (κ1) is 8.87. The number of hydrogen-bond donors (Lipinski definition) is 1. The van der Waals surface area contributed by atoms with Gasteiger partial charge in [-0.2, -0.15) is 0 Å². The van der Waals surface area contributed by atoms with Crippen LogP contribution in [0.1, 0.15) is 18.6 Å². The van der Waals surface area contributed by atoms with Crippen LogP contribution in [0.3, 0.4) is 0 Å². The van der Waals surface area contributed by atoms with E-state index in [2.05, 4.69) is 0 Å². The van der Waals surface area contributed by atoms with Gasteiger partial charge in [-0.1, -0.05) is 12.1 Å². The Kier molecular flexibility index (Phi) is 2.55. The van der Waals surface area contributed by atoms with Crippen LogP contribution in [-0.4, -0.2) is 10.9 Å². The van der Waals surface area contributed by atoms with Gasteiger partial charge in [0.2, 0.25) is 0 Å². The van der Waals surface area contributed by atoms with Crippen LogP contribution in [0.2, 0.25) is 0 Å². The third kappa shape index (κ3) is 1.89. The van der Waals surface area contributed by atoms with Crippen molar-refractivity contribution in [2.75, 3.05) is 0 Å². The molecule has 1 N–H and O–H groups in total. The minimum atomic E-state index is -1.21. The first-order valence-corrected chi connectivity index (χ1v) is 3.55. The number of benzene rings is 1. The Morgan fingerprint density at radius 1 is 1.58 bits per heavy atom. The van der Waals surface area contributed by atoms with E-state index < -0.39 is 11.9 Å². The molecule has 0 amide bonds. The van der Waals surface area contributed by atoms with E-state index in [1.165, 1.54) is 25.1 Å². The number of aliphatic hydroxyl groups excluding tert-OH is 1. The highest BCUT2D eigenvalue weighted by atomic mass is 19.1. The van der Waals surface area contributed by atoms with Gasteiger partial charge in [-0.05, 0) is 24.6 Å². The minimum absolute atomic E-state index is 0.294. The monoisotopic (exact) mass is 168 g/mol. The van der Waals surface area contributed by atoms with Crippen molar-refractivity contribution in [3.63, 3.8) is 0 Å². The van der Waals surface area contributed by atoms with E-state index >= 15 is 0 Å². The number of aliphatic hydroxyl groups is 1. The predicted molar refractivity (Wildman–Crippen MR) is 42.0 cm³/mol. The molecule has 1 aromatic rings. The van der Waals surface area contributed by atoms with Crippen LogP contribution in [0.15, 0.2) is 24.3 Å². The first-order valence-electron chi connectivity index (χ1n) is 3.55. The summed E-state index contributed by atoms with van der Waals surface area (Å²) in [6.45, 7) is 1.26. The number of carbonyl (C=O) groups is 1. The topological polar surface area (TPSA) is 37.3 Å². The van der Waals surface area contributed by atoms with Gasteiger partial charge in [-0.25, -0.2) is 4.39 Å². The van der Waals surface area contributed by atoms with Gasteiger partial charge < -0.3 is 5.11 Å². The maximum absolute atomic E-state index is 12.6. The van der Waals surface area contributed by atoms with Gasteiger partial charge in [-0.3, -0.25) is 4.79 Å².